The lowest BCUT2D eigenvalue weighted by Crippen LogP contribution is -2.29. The van der Waals surface area contributed by atoms with Crippen LogP contribution in [0, 0.1) is 0 Å². The van der Waals surface area contributed by atoms with Crippen LogP contribution in [0.15, 0.2) is 47.4 Å². The molecule has 0 atom stereocenters. The molecule has 2 rings (SSSR count). The summed E-state index contributed by atoms with van der Waals surface area (Å²) in [5, 5.41) is 2.45. The van der Waals surface area contributed by atoms with Crippen LogP contribution in [-0.4, -0.2) is 48.7 Å². The Labute approximate surface area is 158 Å². The van der Waals surface area contributed by atoms with E-state index < -0.39 is 15.9 Å². The summed E-state index contributed by atoms with van der Waals surface area (Å²) in [4.78, 5) is 11.9. The monoisotopic (exact) mass is 394 g/mol. The van der Waals surface area contributed by atoms with E-state index in [4.69, 9.17) is 14.2 Å². The van der Waals surface area contributed by atoms with E-state index in [1.165, 1.54) is 39.5 Å². The second kappa shape index (κ2) is 9.24. The van der Waals surface area contributed by atoms with Crippen molar-refractivity contribution >= 4 is 15.9 Å². The Hall–Kier alpha value is -2.78. The average Bonchev–Trinajstić information content (AvgIpc) is 2.70. The molecule has 146 valence electrons. The summed E-state index contributed by atoms with van der Waals surface area (Å²) in [6, 6.07) is 11.1. The van der Waals surface area contributed by atoms with Crippen LogP contribution in [-0.2, 0) is 10.0 Å². The Morgan fingerprint density at radius 3 is 2.30 bits per heavy atom. The van der Waals surface area contributed by atoms with Gasteiger partial charge in [0, 0.05) is 13.6 Å². The number of carbonyl (C=O) groups excluding carboxylic acids is 1. The van der Waals surface area contributed by atoms with Crippen molar-refractivity contribution in [1.29, 1.82) is 0 Å². The molecule has 0 bridgehead atoms. The van der Waals surface area contributed by atoms with Crippen molar-refractivity contribution in [3.05, 3.63) is 48.0 Å². The Balaban J connectivity index is 2.05. The highest BCUT2D eigenvalue weighted by molar-refractivity contribution is 7.89. The van der Waals surface area contributed by atoms with Gasteiger partial charge >= 0.3 is 0 Å². The molecule has 0 saturated carbocycles. The van der Waals surface area contributed by atoms with Crippen molar-refractivity contribution in [2.24, 2.45) is 0 Å². The molecular weight excluding hydrogens is 372 g/mol. The first-order chi connectivity index (χ1) is 12.9. The minimum absolute atomic E-state index is 0.0424. The average molecular weight is 394 g/mol. The molecule has 0 heterocycles. The lowest BCUT2D eigenvalue weighted by molar-refractivity contribution is 0.0960. The van der Waals surface area contributed by atoms with Gasteiger partial charge in [0.1, 0.15) is 12.4 Å². The fourth-order valence-corrected chi connectivity index (χ4v) is 3.36. The maximum absolute atomic E-state index is 12.5. The van der Waals surface area contributed by atoms with Crippen LogP contribution < -0.4 is 24.2 Å². The van der Waals surface area contributed by atoms with Crippen LogP contribution in [0.25, 0.3) is 0 Å². The van der Waals surface area contributed by atoms with Gasteiger partial charge in [-0.25, -0.2) is 13.1 Å². The number of amides is 1. The van der Waals surface area contributed by atoms with E-state index in [0.29, 0.717) is 11.5 Å². The molecule has 0 spiro atoms. The van der Waals surface area contributed by atoms with Crippen LogP contribution in [0.2, 0.25) is 0 Å². The maximum atomic E-state index is 12.5. The third-order valence-electron chi connectivity index (χ3n) is 3.67. The Morgan fingerprint density at radius 1 is 1.00 bits per heavy atom. The van der Waals surface area contributed by atoms with Crippen molar-refractivity contribution < 1.29 is 27.4 Å². The van der Waals surface area contributed by atoms with Crippen molar-refractivity contribution in [3.63, 3.8) is 0 Å². The molecule has 0 saturated heterocycles. The molecule has 2 N–H and O–H groups in total. The first kappa shape index (κ1) is 20.5. The summed E-state index contributed by atoms with van der Waals surface area (Å²) in [6.45, 7) is 0.153. The lowest BCUT2D eigenvalue weighted by atomic mass is 10.2. The first-order valence-electron chi connectivity index (χ1n) is 8.08. The number of hydrogen-bond acceptors (Lipinski definition) is 6. The van der Waals surface area contributed by atoms with Crippen molar-refractivity contribution in [3.8, 4) is 17.2 Å². The van der Waals surface area contributed by atoms with Crippen LogP contribution in [0.1, 0.15) is 10.4 Å². The van der Waals surface area contributed by atoms with Gasteiger partial charge in [0.05, 0.1) is 24.7 Å². The van der Waals surface area contributed by atoms with E-state index in [1.54, 1.807) is 18.2 Å². The highest BCUT2D eigenvalue weighted by Crippen LogP contribution is 2.25. The third kappa shape index (κ3) is 5.11. The molecule has 2 aromatic carbocycles. The lowest BCUT2D eigenvalue weighted by Gasteiger charge is -2.12. The number of benzene rings is 2. The predicted octanol–water partition coefficient (Wildman–Crippen LogP) is 1.42. The summed E-state index contributed by atoms with van der Waals surface area (Å²) in [7, 11) is 0.571. The molecule has 0 fully saturated rings. The van der Waals surface area contributed by atoms with E-state index in [2.05, 4.69) is 10.0 Å². The number of ether oxygens (including phenoxy) is 3. The molecule has 0 aromatic heterocycles. The summed E-state index contributed by atoms with van der Waals surface area (Å²) in [5.74, 6) is 0.924. The maximum Gasteiger partial charge on any atom is 0.254 e. The van der Waals surface area contributed by atoms with E-state index >= 15 is 0 Å². The van der Waals surface area contributed by atoms with E-state index in [9.17, 15) is 13.2 Å². The number of para-hydroxylation sites is 2. The Bertz CT molecular complexity index is 898. The molecule has 0 unspecified atom stereocenters. The highest BCUT2D eigenvalue weighted by atomic mass is 32.2. The third-order valence-corrected chi connectivity index (χ3v) is 5.13. The van der Waals surface area contributed by atoms with Crippen molar-refractivity contribution in [2.45, 2.75) is 4.90 Å². The molecule has 0 aliphatic heterocycles. The summed E-state index contributed by atoms with van der Waals surface area (Å²) >= 11 is 0. The smallest absolute Gasteiger partial charge is 0.254 e. The predicted molar refractivity (Wildman–Crippen MR) is 100 cm³/mol. The highest BCUT2D eigenvalue weighted by Gasteiger charge is 2.19. The van der Waals surface area contributed by atoms with Gasteiger partial charge in [-0.1, -0.05) is 12.1 Å². The molecule has 8 nitrogen and oxygen atoms in total. The fraction of sp³-hybridized carbons (Fsp3) is 0.278. The number of hydrogen-bond donors (Lipinski definition) is 2. The number of rotatable bonds is 9. The summed E-state index contributed by atoms with van der Waals surface area (Å²) in [6.07, 6.45) is 0. The topological polar surface area (TPSA) is 103 Å². The van der Waals surface area contributed by atoms with E-state index in [1.807, 2.05) is 6.07 Å². The zero-order valence-electron chi connectivity index (χ0n) is 15.3. The summed E-state index contributed by atoms with van der Waals surface area (Å²) in [5.41, 5.74) is 0.133. The largest absolute Gasteiger partial charge is 0.496 e. The molecule has 0 radical (unpaired) electrons. The zero-order valence-corrected chi connectivity index (χ0v) is 16.1. The minimum Gasteiger partial charge on any atom is -0.496 e. The van der Waals surface area contributed by atoms with Gasteiger partial charge in [-0.05, 0) is 30.3 Å². The number of carbonyl (C=O) groups is 1. The van der Waals surface area contributed by atoms with Gasteiger partial charge in [-0.2, -0.15) is 0 Å². The molecule has 0 aliphatic rings. The first-order valence-corrected chi connectivity index (χ1v) is 9.57. The van der Waals surface area contributed by atoms with Gasteiger partial charge in [-0.15, -0.1) is 0 Å². The van der Waals surface area contributed by atoms with Gasteiger partial charge in [-0.3, -0.25) is 4.79 Å². The van der Waals surface area contributed by atoms with Gasteiger partial charge < -0.3 is 19.5 Å². The molecular formula is C18H22N2O6S. The molecule has 0 aliphatic carbocycles. The molecule has 9 heteroatoms. The van der Waals surface area contributed by atoms with Crippen molar-refractivity contribution in [1.82, 2.24) is 10.0 Å². The Kier molecular flexibility index (Phi) is 7.03. The van der Waals surface area contributed by atoms with Gasteiger partial charge in [0.25, 0.3) is 5.91 Å². The molecule has 1 amide bonds. The van der Waals surface area contributed by atoms with Crippen LogP contribution in [0.5, 0.6) is 17.2 Å². The SMILES string of the molecule is CNC(=O)c1cc(S(=O)(=O)NCCOc2ccccc2OC)ccc1OC. The normalized spacial score (nSPS) is 10.9. The zero-order chi connectivity index (χ0) is 19.9. The van der Waals surface area contributed by atoms with Crippen LogP contribution in [0.3, 0.4) is 0 Å². The Morgan fingerprint density at radius 2 is 1.67 bits per heavy atom. The van der Waals surface area contributed by atoms with Crippen molar-refractivity contribution in [2.75, 3.05) is 34.4 Å². The number of sulfonamides is 1. The second-order valence-electron chi connectivity index (χ2n) is 5.34. The van der Waals surface area contributed by atoms with Gasteiger partial charge in [0.2, 0.25) is 10.0 Å². The van der Waals surface area contributed by atoms with E-state index in [0.717, 1.165) is 0 Å². The molecule has 27 heavy (non-hydrogen) atoms. The number of nitrogens with one attached hydrogen (secondary N) is 2. The van der Waals surface area contributed by atoms with E-state index in [-0.39, 0.29) is 29.4 Å². The quantitative estimate of drug-likeness (QED) is 0.624. The van der Waals surface area contributed by atoms with Crippen LogP contribution >= 0.6 is 0 Å². The number of methoxy groups -OCH3 is 2. The second-order valence-corrected chi connectivity index (χ2v) is 7.11. The minimum atomic E-state index is -3.82. The molecule has 2 aromatic rings. The van der Waals surface area contributed by atoms with Gasteiger partial charge in [0.15, 0.2) is 11.5 Å². The fourth-order valence-electron chi connectivity index (χ4n) is 2.32. The van der Waals surface area contributed by atoms with Crippen LogP contribution in [0.4, 0.5) is 0 Å². The summed E-state index contributed by atoms with van der Waals surface area (Å²) < 4.78 is 43.2. The standard InChI is InChI=1S/C18H22N2O6S/c1-19-18(21)14-12-13(8-9-15(14)24-2)27(22,23)20-10-11-26-17-7-5-4-6-16(17)25-3/h4-9,12,20H,10-11H2,1-3H3,(H,19,21).